The van der Waals surface area contributed by atoms with Crippen LogP contribution in [0, 0.1) is 0 Å². The first-order valence-corrected chi connectivity index (χ1v) is 6.41. The Labute approximate surface area is 109 Å². The molecule has 1 atom stereocenters. The van der Waals surface area contributed by atoms with Gasteiger partial charge < -0.3 is 15.8 Å². The molecule has 0 saturated heterocycles. The molecule has 100 valence electrons. The van der Waals surface area contributed by atoms with Crippen molar-refractivity contribution in [3.63, 3.8) is 0 Å². The maximum absolute atomic E-state index is 11.1. The van der Waals surface area contributed by atoms with E-state index in [0.717, 1.165) is 24.3 Å². The number of carbonyl (C=O) groups excluding carboxylic acids is 1. The normalized spacial score (nSPS) is 12.1. The predicted octanol–water partition coefficient (Wildman–Crippen LogP) is 2.00. The molecular formula is C14H22N2O2. The third-order valence-electron chi connectivity index (χ3n) is 2.62. The monoisotopic (exact) mass is 250 g/mol. The molecule has 1 aromatic rings. The summed E-state index contributed by atoms with van der Waals surface area (Å²) < 4.78 is 5.46. The van der Waals surface area contributed by atoms with E-state index in [1.165, 1.54) is 0 Å². The topological polar surface area (TPSA) is 64.3 Å². The smallest absolute Gasteiger partial charge is 0.219 e. The summed E-state index contributed by atoms with van der Waals surface area (Å²) in [6.45, 7) is 5.52. The Hall–Kier alpha value is -1.55. The van der Waals surface area contributed by atoms with Crippen LogP contribution in [0.25, 0.3) is 0 Å². The Morgan fingerprint density at radius 3 is 2.83 bits per heavy atom. The average molecular weight is 250 g/mol. The Bertz CT molecular complexity index is 380. The van der Waals surface area contributed by atoms with E-state index in [0.29, 0.717) is 13.0 Å². The highest BCUT2D eigenvalue weighted by atomic mass is 16.5. The minimum absolute atomic E-state index is 0.0390. The van der Waals surface area contributed by atoms with Gasteiger partial charge in [0, 0.05) is 12.5 Å². The van der Waals surface area contributed by atoms with Crippen LogP contribution < -0.4 is 15.8 Å². The lowest BCUT2D eigenvalue weighted by Gasteiger charge is -2.18. The zero-order chi connectivity index (χ0) is 13.4. The molecule has 3 N–H and O–H groups in total. The van der Waals surface area contributed by atoms with Gasteiger partial charge in [0.05, 0.1) is 6.61 Å². The fourth-order valence-electron chi connectivity index (χ4n) is 1.82. The van der Waals surface area contributed by atoms with Gasteiger partial charge in [-0.15, -0.1) is 0 Å². The van der Waals surface area contributed by atoms with E-state index in [2.05, 4.69) is 12.2 Å². The summed E-state index contributed by atoms with van der Waals surface area (Å²) in [6, 6.07) is 7.75. The third-order valence-corrected chi connectivity index (χ3v) is 2.62. The molecule has 1 aromatic carbocycles. The molecule has 0 heterocycles. The molecule has 0 fully saturated rings. The van der Waals surface area contributed by atoms with Crippen molar-refractivity contribution in [1.82, 2.24) is 5.32 Å². The summed E-state index contributed by atoms with van der Waals surface area (Å²) in [5, 5.41) is 3.33. The molecule has 0 aromatic heterocycles. The van der Waals surface area contributed by atoms with E-state index in [9.17, 15) is 4.79 Å². The van der Waals surface area contributed by atoms with Gasteiger partial charge in [-0.2, -0.15) is 0 Å². The number of benzene rings is 1. The van der Waals surface area contributed by atoms with Crippen molar-refractivity contribution < 1.29 is 9.53 Å². The summed E-state index contributed by atoms with van der Waals surface area (Å²) >= 11 is 0. The first kappa shape index (κ1) is 14.5. The molecule has 0 bridgehead atoms. The molecule has 4 nitrogen and oxygen atoms in total. The molecular weight excluding hydrogens is 228 g/mol. The van der Waals surface area contributed by atoms with Gasteiger partial charge in [0.2, 0.25) is 5.91 Å². The van der Waals surface area contributed by atoms with Crippen molar-refractivity contribution in [2.75, 3.05) is 13.2 Å². The van der Waals surface area contributed by atoms with Crippen LogP contribution in [0.3, 0.4) is 0 Å². The van der Waals surface area contributed by atoms with Crippen LogP contribution in [0.4, 0.5) is 0 Å². The SMILES string of the molecule is CCCNC(CC(N)=O)c1cccc(OCC)c1. The van der Waals surface area contributed by atoms with Gasteiger partial charge in [-0.05, 0) is 37.6 Å². The molecule has 0 aliphatic heterocycles. The number of rotatable bonds is 8. The van der Waals surface area contributed by atoms with Crippen molar-refractivity contribution in [3.8, 4) is 5.75 Å². The number of carbonyl (C=O) groups is 1. The van der Waals surface area contributed by atoms with Gasteiger partial charge in [-0.1, -0.05) is 19.1 Å². The predicted molar refractivity (Wildman–Crippen MR) is 72.5 cm³/mol. The lowest BCUT2D eigenvalue weighted by atomic mass is 10.0. The number of ether oxygens (including phenoxy) is 1. The van der Waals surface area contributed by atoms with E-state index >= 15 is 0 Å². The average Bonchev–Trinajstić information content (AvgIpc) is 2.35. The quantitative estimate of drug-likeness (QED) is 0.741. The largest absolute Gasteiger partial charge is 0.494 e. The maximum Gasteiger partial charge on any atom is 0.219 e. The number of hydrogen-bond donors (Lipinski definition) is 2. The fourth-order valence-corrected chi connectivity index (χ4v) is 1.82. The van der Waals surface area contributed by atoms with Crippen LogP contribution in [0.15, 0.2) is 24.3 Å². The van der Waals surface area contributed by atoms with Crippen molar-refractivity contribution in [1.29, 1.82) is 0 Å². The van der Waals surface area contributed by atoms with Crippen LogP contribution in [0.5, 0.6) is 5.75 Å². The number of primary amides is 1. The Morgan fingerprint density at radius 2 is 2.22 bits per heavy atom. The van der Waals surface area contributed by atoms with Crippen molar-refractivity contribution in [2.45, 2.75) is 32.7 Å². The summed E-state index contributed by atoms with van der Waals surface area (Å²) in [5.74, 6) is 0.521. The van der Waals surface area contributed by atoms with Crippen molar-refractivity contribution in [3.05, 3.63) is 29.8 Å². The van der Waals surface area contributed by atoms with Gasteiger partial charge in [-0.3, -0.25) is 4.79 Å². The molecule has 0 spiro atoms. The highest BCUT2D eigenvalue weighted by Gasteiger charge is 2.14. The third kappa shape index (κ3) is 4.75. The van der Waals surface area contributed by atoms with E-state index in [1.807, 2.05) is 31.2 Å². The Kier molecular flexibility index (Phi) is 6.22. The van der Waals surface area contributed by atoms with Crippen LogP contribution in [0.1, 0.15) is 38.3 Å². The van der Waals surface area contributed by atoms with Crippen LogP contribution >= 0.6 is 0 Å². The molecule has 0 aliphatic carbocycles. The minimum Gasteiger partial charge on any atom is -0.494 e. The Morgan fingerprint density at radius 1 is 1.44 bits per heavy atom. The van der Waals surface area contributed by atoms with Crippen LogP contribution in [0.2, 0.25) is 0 Å². The summed E-state index contributed by atoms with van der Waals surface area (Å²) in [6.07, 6.45) is 1.32. The molecule has 1 rings (SSSR count). The highest BCUT2D eigenvalue weighted by molar-refractivity contribution is 5.74. The zero-order valence-corrected chi connectivity index (χ0v) is 11.1. The van der Waals surface area contributed by atoms with Gasteiger partial charge in [0.15, 0.2) is 0 Å². The molecule has 0 saturated carbocycles. The molecule has 4 heteroatoms. The zero-order valence-electron chi connectivity index (χ0n) is 11.1. The van der Waals surface area contributed by atoms with Crippen LogP contribution in [-0.2, 0) is 4.79 Å². The molecule has 0 aliphatic rings. The lowest BCUT2D eigenvalue weighted by molar-refractivity contribution is -0.118. The van der Waals surface area contributed by atoms with Gasteiger partial charge in [0.1, 0.15) is 5.75 Å². The molecule has 18 heavy (non-hydrogen) atoms. The molecule has 1 unspecified atom stereocenters. The van der Waals surface area contributed by atoms with Crippen molar-refractivity contribution in [2.24, 2.45) is 5.73 Å². The Balaban J connectivity index is 2.81. The van der Waals surface area contributed by atoms with E-state index in [1.54, 1.807) is 0 Å². The number of hydrogen-bond acceptors (Lipinski definition) is 3. The first-order valence-electron chi connectivity index (χ1n) is 6.41. The van der Waals surface area contributed by atoms with E-state index in [-0.39, 0.29) is 11.9 Å². The maximum atomic E-state index is 11.1. The van der Waals surface area contributed by atoms with Crippen molar-refractivity contribution >= 4 is 5.91 Å². The summed E-state index contributed by atoms with van der Waals surface area (Å²) in [7, 11) is 0. The first-order chi connectivity index (χ1) is 8.67. The lowest BCUT2D eigenvalue weighted by Crippen LogP contribution is -2.27. The van der Waals surface area contributed by atoms with Crippen LogP contribution in [-0.4, -0.2) is 19.1 Å². The number of amides is 1. The van der Waals surface area contributed by atoms with Gasteiger partial charge in [-0.25, -0.2) is 0 Å². The van der Waals surface area contributed by atoms with Gasteiger partial charge >= 0.3 is 0 Å². The number of nitrogens with two attached hydrogens (primary N) is 1. The fraction of sp³-hybridized carbons (Fsp3) is 0.500. The minimum atomic E-state index is -0.301. The number of nitrogens with one attached hydrogen (secondary N) is 1. The van der Waals surface area contributed by atoms with Gasteiger partial charge in [0.25, 0.3) is 0 Å². The molecule has 1 amide bonds. The molecule has 0 radical (unpaired) electrons. The van der Waals surface area contributed by atoms with E-state index < -0.39 is 0 Å². The summed E-state index contributed by atoms with van der Waals surface area (Å²) in [5.41, 5.74) is 6.32. The second-order valence-corrected chi connectivity index (χ2v) is 4.18. The standard InChI is InChI=1S/C14H22N2O2/c1-3-8-16-13(10-14(15)17)11-6-5-7-12(9-11)18-4-2/h5-7,9,13,16H,3-4,8,10H2,1-2H3,(H2,15,17). The van der Waals surface area contributed by atoms with E-state index in [4.69, 9.17) is 10.5 Å². The highest BCUT2D eigenvalue weighted by Crippen LogP contribution is 2.21. The summed E-state index contributed by atoms with van der Waals surface area (Å²) in [4.78, 5) is 11.1. The second-order valence-electron chi connectivity index (χ2n) is 4.18. The second kappa shape index (κ2) is 7.71.